The van der Waals surface area contributed by atoms with E-state index in [9.17, 15) is 0 Å². The molecule has 1 heterocycles. The normalized spacial score (nSPS) is 12.4. The minimum Gasteiger partial charge on any atom is -0.469 e. The Labute approximate surface area is 79.1 Å². The van der Waals surface area contributed by atoms with Gasteiger partial charge in [-0.1, -0.05) is 0 Å². The lowest BCUT2D eigenvalue weighted by Gasteiger charge is -2.06. The summed E-state index contributed by atoms with van der Waals surface area (Å²) in [4.78, 5) is 0. The van der Waals surface area contributed by atoms with Crippen molar-refractivity contribution in [3.05, 3.63) is 23.7 Å². The van der Waals surface area contributed by atoms with Gasteiger partial charge in [-0.15, -0.1) is 12.3 Å². The summed E-state index contributed by atoms with van der Waals surface area (Å²) in [5.74, 6) is 3.51. The molecule has 13 heavy (non-hydrogen) atoms. The van der Waals surface area contributed by atoms with Gasteiger partial charge in [0.15, 0.2) is 0 Å². The summed E-state index contributed by atoms with van der Waals surface area (Å²) in [7, 11) is 0. The molecule has 1 rings (SSSR count). The van der Waals surface area contributed by atoms with Gasteiger partial charge in [-0.2, -0.15) is 0 Å². The van der Waals surface area contributed by atoms with E-state index in [0.717, 1.165) is 30.6 Å². The number of rotatable bonds is 4. The standard InChI is InChI=1S/C11H15NO/c1-3-4-5-6-11(12)10-7-9(2)13-8-10/h1,7-8,11H,4-6,12H2,2H3. The highest BCUT2D eigenvalue weighted by molar-refractivity contribution is 5.15. The predicted octanol–water partition coefficient (Wildman–Crippen LogP) is 2.39. The number of unbranched alkanes of at least 4 members (excludes halogenated alkanes) is 1. The number of furan rings is 1. The topological polar surface area (TPSA) is 39.2 Å². The average Bonchev–Trinajstić information content (AvgIpc) is 2.52. The SMILES string of the molecule is C#CCCCC(N)c1coc(C)c1. The molecule has 0 saturated heterocycles. The summed E-state index contributed by atoms with van der Waals surface area (Å²) < 4.78 is 5.17. The van der Waals surface area contributed by atoms with Crippen LogP contribution in [0.5, 0.6) is 0 Å². The van der Waals surface area contributed by atoms with Crippen LogP contribution in [0.2, 0.25) is 0 Å². The van der Waals surface area contributed by atoms with E-state index in [0.29, 0.717) is 0 Å². The van der Waals surface area contributed by atoms with Gasteiger partial charge in [-0.05, 0) is 25.8 Å². The maximum atomic E-state index is 5.92. The van der Waals surface area contributed by atoms with E-state index in [2.05, 4.69) is 5.92 Å². The number of hydrogen-bond acceptors (Lipinski definition) is 2. The van der Waals surface area contributed by atoms with Crippen LogP contribution in [0.25, 0.3) is 0 Å². The van der Waals surface area contributed by atoms with Crippen LogP contribution in [0.4, 0.5) is 0 Å². The molecule has 0 radical (unpaired) electrons. The van der Waals surface area contributed by atoms with Crippen LogP contribution >= 0.6 is 0 Å². The molecule has 0 aliphatic rings. The van der Waals surface area contributed by atoms with Crippen LogP contribution in [0.15, 0.2) is 16.7 Å². The van der Waals surface area contributed by atoms with Gasteiger partial charge in [0.1, 0.15) is 5.76 Å². The minimum absolute atomic E-state index is 0.0609. The van der Waals surface area contributed by atoms with Crippen molar-refractivity contribution in [3.8, 4) is 12.3 Å². The minimum atomic E-state index is 0.0609. The van der Waals surface area contributed by atoms with Crippen LogP contribution in [-0.4, -0.2) is 0 Å². The maximum absolute atomic E-state index is 5.92. The monoisotopic (exact) mass is 177 g/mol. The summed E-state index contributed by atoms with van der Waals surface area (Å²) in [6.45, 7) is 1.91. The summed E-state index contributed by atoms with van der Waals surface area (Å²) in [5.41, 5.74) is 6.98. The maximum Gasteiger partial charge on any atom is 0.101 e. The van der Waals surface area contributed by atoms with Crippen molar-refractivity contribution in [1.82, 2.24) is 0 Å². The van der Waals surface area contributed by atoms with E-state index in [1.54, 1.807) is 6.26 Å². The van der Waals surface area contributed by atoms with Crippen LogP contribution in [0.3, 0.4) is 0 Å². The molecule has 0 amide bonds. The van der Waals surface area contributed by atoms with Crippen molar-refractivity contribution < 1.29 is 4.42 Å². The zero-order chi connectivity index (χ0) is 9.68. The van der Waals surface area contributed by atoms with E-state index < -0.39 is 0 Å². The lowest BCUT2D eigenvalue weighted by atomic mass is 10.0. The number of nitrogens with two attached hydrogens (primary N) is 1. The second-order valence-corrected chi connectivity index (χ2v) is 3.19. The van der Waals surface area contributed by atoms with Gasteiger partial charge in [-0.25, -0.2) is 0 Å². The molecule has 70 valence electrons. The highest BCUT2D eigenvalue weighted by Gasteiger charge is 2.07. The van der Waals surface area contributed by atoms with Crippen LogP contribution in [-0.2, 0) is 0 Å². The van der Waals surface area contributed by atoms with Gasteiger partial charge in [0.05, 0.1) is 6.26 Å². The third-order valence-electron chi connectivity index (χ3n) is 2.02. The molecule has 2 N–H and O–H groups in total. The first kappa shape index (κ1) is 9.88. The fourth-order valence-electron chi connectivity index (χ4n) is 1.25. The van der Waals surface area contributed by atoms with Crippen LogP contribution in [0, 0.1) is 19.3 Å². The fraction of sp³-hybridized carbons (Fsp3) is 0.455. The molecule has 2 nitrogen and oxygen atoms in total. The number of aryl methyl sites for hydroxylation is 1. The van der Waals surface area contributed by atoms with Gasteiger partial charge < -0.3 is 10.2 Å². The Morgan fingerprint density at radius 2 is 2.46 bits per heavy atom. The first-order chi connectivity index (χ1) is 6.24. The number of terminal acetylenes is 1. The number of hydrogen-bond donors (Lipinski definition) is 1. The zero-order valence-electron chi connectivity index (χ0n) is 7.92. The molecule has 0 aliphatic heterocycles. The predicted molar refractivity (Wildman–Crippen MR) is 53.1 cm³/mol. The molecule has 0 aromatic carbocycles. The van der Waals surface area contributed by atoms with E-state index in [1.807, 2.05) is 13.0 Å². The smallest absolute Gasteiger partial charge is 0.101 e. The largest absolute Gasteiger partial charge is 0.469 e. The second-order valence-electron chi connectivity index (χ2n) is 3.19. The third kappa shape index (κ3) is 2.96. The lowest BCUT2D eigenvalue weighted by Crippen LogP contribution is -2.08. The van der Waals surface area contributed by atoms with Gasteiger partial charge in [0.2, 0.25) is 0 Å². The van der Waals surface area contributed by atoms with E-state index in [4.69, 9.17) is 16.6 Å². The molecular formula is C11H15NO. The van der Waals surface area contributed by atoms with Crippen molar-refractivity contribution in [1.29, 1.82) is 0 Å². The first-order valence-electron chi connectivity index (χ1n) is 4.48. The second kappa shape index (κ2) is 4.74. The van der Waals surface area contributed by atoms with Crippen molar-refractivity contribution in [3.63, 3.8) is 0 Å². The van der Waals surface area contributed by atoms with E-state index in [-0.39, 0.29) is 6.04 Å². The van der Waals surface area contributed by atoms with Crippen molar-refractivity contribution >= 4 is 0 Å². The molecule has 1 unspecified atom stereocenters. The van der Waals surface area contributed by atoms with Gasteiger partial charge in [0, 0.05) is 18.0 Å². The Morgan fingerprint density at radius 1 is 1.69 bits per heavy atom. The summed E-state index contributed by atoms with van der Waals surface area (Å²) in [6.07, 6.45) is 9.56. The van der Waals surface area contributed by atoms with Gasteiger partial charge >= 0.3 is 0 Å². The quantitative estimate of drug-likeness (QED) is 0.566. The molecule has 0 bridgehead atoms. The Bertz CT molecular complexity index is 295. The highest BCUT2D eigenvalue weighted by atomic mass is 16.3. The highest BCUT2D eigenvalue weighted by Crippen LogP contribution is 2.18. The van der Waals surface area contributed by atoms with Crippen LogP contribution < -0.4 is 5.73 Å². The van der Waals surface area contributed by atoms with E-state index in [1.165, 1.54) is 0 Å². The molecule has 2 heteroatoms. The summed E-state index contributed by atoms with van der Waals surface area (Å²) in [5, 5.41) is 0. The Morgan fingerprint density at radius 3 is 3.00 bits per heavy atom. The average molecular weight is 177 g/mol. The first-order valence-corrected chi connectivity index (χ1v) is 4.48. The van der Waals surface area contributed by atoms with E-state index >= 15 is 0 Å². The van der Waals surface area contributed by atoms with Gasteiger partial charge in [-0.3, -0.25) is 0 Å². The molecule has 0 fully saturated rings. The molecule has 0 saturated carbocycles. The van der Waals surface area contributed by atoms with Crippen molar-refractivity contribution in [2.24, 2.45) is 5.73 Å². The molecule has 1 aromatic heterocycles. The Kier molecular flexibility index (Phi) is 3.60. The zero-order valence-corrected chi connectivity index (χ0v) is 7.92. The fourth-order valence-corrected chi connectivity index (χ4v) is 1.25. The van der Waals surface area contributed by atoms with Gasteiger partial charge in [0.25, 0.3) is 0 Å². The van der Waals surface area contributed by atoms with Crippen molar-refractivity contribution in [2.45, 2.75) is 32.2 Å². The molecule has 0 aliphatic carbocycles. The summed E-state index contributed by atoms with van der Waals surface area (Å²) in [6, 6.07) is 2.03. The van der Waals surface area contributed by atoms with Crippen LogP contribution in [0.1, 0.15) is 36.6 Å². The van der Waals surface area contributed by atoms with Crippen molar-refractivity contribution in [2.75, 3.05) is 0 Å². The lowest BCUT2D eigenvalue weighted by molar-refractivity contribution is 0.525. The Balaban J connectivity index is 2.40. The molecular weight excluding hydrogens is 162 g/mol. The molecule has 1 atom stereocenters. The molecule has 1 aromatic rings. The molecule has 0 spiro atoms. The third-order valence-corrected chi connectivity index (χ3v) is 2.02. The Hall–Kier alpha value is -1.20. The summed E-state index contributed by atoms with van der Waals surface area (Å²) >= 11 is 0.